The summed E-state index contributed by atoms with van der Waals surface area (Å²) in [4.78, 5) is 14.1. The van der Waals surface area contributed by atoms with Gasteiger partial charge in [0.1, 0.15) is 30.7 Å². The van der Waals surface area contributed by atoms with Crippen molar-refractivity contribution in [1.29, 1.82) is 0 Å². The molecule has 10 heteroatoms. The largest absolute Gasteiger partial charge is 0.513 e. The first-order valence-corrected chi connectivity index (χ1v) is 11.8. The molecule has 34 heavy (non-hydrogen) atoms. The molecule has 0 saturated carbocycles. The Hall–Kier alpha value is -2.37. The Kier molecular flexibility index (Phi) is 5.09. The summed E-state index contributed by atoms with van der Waals surface area (Å²) in [6, 6.07) is 4.53. The second-order valence-electron chi connectivity index (χ2n) is 9.98. The van der Waals surface area contributed by atoms with Crippen molar-refractivity contribution in [3.8, 4) is 11.5 Å². The molecule has 6 rings (SSSR count). The number of likely N-dealkylation sites (tertiary alicyclic amines) is 1. The number of aliphatic hydroxyl groups excluding tert-OH is 3. The number of piperidine rings is 1. The first kappa shape index (κ1) is 22.1. The van der Waals surface area contributed by atoms with E-state index >= 15 is 0 Å². The minimum absolute atomic E-state index is 0.287. The highest BCUT2D eigenvalue weighted by Crippen LogP contribution is 2.62. The van der Waals surface area contributed by atoms with E-state index in [1.807, 2.05) is 12.1 Å². The van der Waals surface area contributed by atoms with Crippen LogP contribution in [0.25, 0.3) is 0 Å². The fourth-order valence-electron chi connectivity index (χ4n) is 6.86. The van der Waals surface area contributed by atoms with Crippen LogP contribution in [0, 0.1) is 5.92 Å². The van der Waals surface area contributed by atoms with Crippen LogP contribution < -0.4 is 14.4 Å². The summed E-state index contributed by atoms with van der Waals surface area (Å²) < 4.78 is 28.0. The summed E-state index contributed by atoms with van der Waals surface area (Å²) >= 11 is 0. The van der Waals surface area contributed by atoms with Gasteiger partial charge >= 0.3 is 6.16 Å². The second-order valence-corrected chi connectivity index (χ2v) is 9.98. The van der Waals surface area contributed by atoms with Crippen LogP contribution in [0.4, 0.5) is 4.79 Å². The molecule has 9 atom stereocenters. The molecule has 10 nitrogen and oxygen atoms in total. The highest BCUT2D eigenvalue weighted by atomic mass is 16.7. The molecule has 0 amide bonds. The molecule has 3 heterocycles. The molecule has 0 radical (unpaired) electrons. The molecule has 1 aromatic carbocycles. The Bertz CT molecular complexity index is 1040. The Morgan fingerprint density at radius 2 is 2.09 bits per heavy atom. The maximum atomic E-state index is 12.6. The summed E-state index contributed by atoms with van der Waals surface area (Å²) in [5.74, 6) is 2.19. The molecule has 4 N–H and O–H groups in total. The standard InChI is InChI=1S/C24H29NO9/c1-25-8-7-24-12-4-6-15(33-23(29)31-10-16-18(26)19(27)22(28)32-16)21(24)34-20-14(30-2)5-3-11(17(20)24)9-13(12)25/h3,5-6,12-13,16,18-19,21-22,26-28H,4,7-10H2,1-2H3/p+1/t12?,13-,16-,18+,19?,21?,22?,24+/m1/s1. The van der Waals surface area contributed by atoms with Crippen LogP contribution in [0.2, 0.25) is 0 Å². The maximum Gasteiger partial charge on any atom is 0.513 e. The van der Waals surface area contributed by atoms with E-state index in [0.717, 1.165) is 31.6 Å². The van der Waals surface area contributed by atoms with Gasteiger partial charge in [-0.05, 0) is 24.1 Å². The van der Waals surface area contributed by atoms with Crippen molar-refractivity contribution in [2.75, 3.05) is 27.3 Å². The lowest BCUT2D eigenvalue weighted by Crippen LogP contribution is -3.16. The number of nitrogens with one attached hydrogen (secondary N) is 1. The van der Waals surface area contributed by atoms with Crippen LogP contribution in [0.5, 0.6) is 11.5 Å². The number of hydrogen-bond donors (Lipinski definition) is 4. The number of benzene rings is 1. The predicted molar refractivity (Wildman–Crippen MR) is 114 cm³/mol. The van der Waals surface area contributed by atoms with Gasteiger partial charge in [-0.3, -0.25) is 0 Å². The van der Waals surface area contributed by atoms with Crippen LogP contribution in [-0.2, 0) is 26.0 Å². The summed E-state index contributed by atoms with van der Waals surface area (Å²) in [5.41, 5.74) is 2.18. The van der Waals surface area contributed by atoms with Crippen LogP contribution >= 0.6 is 0 Å². The minimum Gasteiger partial charge on any atom is -0.493 e. The molecule has 184 valence electrons. The zero-order valence-electron chi connectivity index (χ0n) is 19.1. The molecule has 1 aromatic rings. The van der Waals surface area contributed by atoms with Gasteiger partial charge in [0.25, 0.3) is 0 Å². The molecule has 0 aromatic heterocycles. The smallest absolute Gasteiger partial charge is 0.493 e. The highest BCUT2D eigenvalue weighted by molar-refractivity contribution is 5.65. The second kappa shape index (κ2) is 7.82. The summed E-state index contributed by atoms with van der Waals surface area (Å²) in [5, 5.41) is 29.0. The average Bonchev–Trinajstić information content (AvgIpc) is 3.30. The van der Waals surface area contributed by atoms with Crippen molar-refractivity contribution in [2.24, 2.45) is 5.92 Å². The molecular formula is C24H30NO9+. The number of allylic oxidation sites excluding steroid dienone is 1. The zero-order valence-corrected chi connectivity index (χ0v) is 19.1. The number of likely N-dealkylation sites (N-methyl/N-ethyl adjacent to an activating group) is 1. The minimum atomic E-state index is -1.53. The van der Waals surface area contributed by atoms with Crippen molar-refractivity contribution in [1.82, 2.24) is 0 Å². The highest BCUT2D eigenvalue weighted by Gasteiger charge is 2.66. The third-order valence-corrected chi connectivity index (χ3v) is 8.49. The van der Waals surface area contributed by atoms with Crippen LogP contribution in [0.1, 0.15) is 24.0 Å². The number of hydrogen-bond acceptors (Lipinski definition) is 9. The van der Waals surface area contributed by atoms with E-state index in [-0.39, 0.29) is 12.0 Å². The van der Waals surface area contributed by atoms with Gasteiger partial charge in [-0.25, -0.2) is 4.79 Å². The Morgan fingerprint density at radius 1 is 1.26 bits per heavy atom. The van der Waals surface area contributed by atoms with Gasteiger partial charge in [0.15, 0.2) is 23.9 Å². The summed E-state index contributed by atoms with van der Waals surface area (Å²) in [6.45, 7) is 0.630. The SMILES string of the molecule is COc1ccc2c3c1OC1C(OC(=O)OC[C@H]4OC(O)C(O)[C@H]4O)=CCC4[C@@H](C2)[NH+](C)CC[C@]314. The predicted octanol–water partition coefficient (Wildman–Crippen LogP) is -0.967. The number of ether oxygens (including phenoxy) is 5. The lowest BCUT2D eigenvalue weighted by atomic mass is 9.53. The molecule has 5 unspecified atom stereocenters. The molecule has 2 fully saturated rings. The topological polar surface area (TPSA) is 128 Å². The molecule has 1 spiro atoms. The fraction of sp³-hybridized carbons (Fsp3) is 0.625. The number of carbonyl (C=O) groups is 1. The van der Waals surface area contributed by atoms with Crippen molar-refractivity contribution in [3.63, 3.8) is 0 Å². The van der Waals surface area contributed by atoms with Crippen molar-refractivity contribution >= 4 is 6.16 Å². The van der Waals surface area contributed by atoms with E-state index in [1.54, 1.807) is 7.11 Å². The first-order valence-electron chi connectivity index (χ1n) is 11.8. The molecule has 3 aliphatic heterocycles. The Balaban J connectivity index is 1.26. The average molecular weight is 477 g/mol. The Labute approximate surface area is 196 Å². The van der Waals surface area contributed by atoms with Crippen LogP contribution in [0.15, 0.2) is 24.0 Å². The molecule has 2 aliphatic carbocycles. The normalized spacial score (nSPS) is 41.3. The van der Waals surface area contributed by atoms with Gasteiger partial charge in [0, 0.05) is 24.3 Å². The van der Waals surface area contributed by atoms with Gasteiger partial charge in [-0.1, -0.05) is 6.07 Å². The van der Waals surface area contributed by atoms with E-state index < -0.39 is 36.9 Å². The zero-order chi connectivity index (χ0) is 23.8. The van der Waals surface area contributed by atoms with E-state index in [1.165, 1.54) is 16.0 Å². The van der Waals surface area contributed by atoms with E-state index in [0.29, 0.717) is 23.5 Å². The van der Waals surface area contributed by atoms with Gasteiger partial charge < -0.3 is 43.9 Å². The number of quaternary nitrogens is 1. The van der Waals surface area contributed by atoms with Gasteiger partial charge in [-0.2, -0.15) is 0 Å². The quantitative estimate of drug-likeness (QED) is 0.406. The van der Waals surface area contributed by atoms with Crippen LogP contribution in [-0.4, -0.2) is 85.5 Å². The van der Waals surface area contributed by atoms with E-state index in [4.69, 9.17) is 23.7 Å². The number of aliphatic hydroxyl groups is 3. The van der Waals surface area contributed by atoms with Gasteiger partial charge in [-0.15, -0.1) is 0 Å². The van der Waals surface area contributed by atoms with Crippen LogP contribution in [0.3, 0.4) is 0 Å². The Morgan fingerprint density at radius 3 is 2.82 bits per heavy atom. The fourth-order valence-corrected chi connectivity index (χ4v) is 6.86. The molecule has 2 bridgehead atoms. The van der Waals surface area contributed by atoms with Crippen molar-refractivity contribution < 1.29 is 48.7 Å². The van der Waals surface area contributed by atoms with E-state index in [9.17, 15) is 20.1 Å². The first-order chi connectivity index (χ1) is 16.3. The third kappa shape index (κ3) is 2.96. The van der Waals surface area contributed by atoms with Gasteiger partial charge in [0.05, 0.1) is 32.2 Å². The molecule has 5 aliphatic rings. The lowest BCUT2D eigenvalue weighted by Gasteiger charge is -2.54. The number of methoxy groups -OCH3 is 1. The monoisotopic (exact) mass is 476 g/mol. The van der Waals surface area contributed by atoms with E-state index in [2.05, 4.69) is 13.1 Å². The summed E-state index contributed by atoms with van der Waals surface area (Å²) in [6.07, 6.45) is -2.23. The van der Waals surface area contributed by atoms with Crippen molar-refractivity contribution in [2.45, 2.75) is 61.4 Å². The van der Waals surface area contributed by atoms with Crippen molar-refractivity contribution in [3.05, 3.63) is 35.1 Å². The van der Waals surface area contributed by atoms with Gasteiger partial charge in [0.2, 0.25) is 0 Å². The maximum absolute atomic E-state index is 12.6. The number of rotatable bonds is 4. The lowest BCUT2D eigenvalue weighted by molar-refractivity contribution is -0.918. The third-order valence-electron chi connectivity index (χ3n) is 8.49. The number of carbonyl (C=O) groups excluding carboxylic acids is 1. The summed E-state index contributed by atoms with van der Waals surface area (Å²) in [7, 11) is 3.87. The molecule has 2 saturated heterocycles. The molecular weight excluding hydrogens is 446 g/mol.